The highest BCUT2D eigenvalue weighted by atomic mass is 15.1. The van der Waals surface area contributed by atoms with E-state index < -0.39 is 0 Å². The lowest BCUT2D eigenvalue weighted by Crippen LogP contribution is -2.25. The fourth-order valence-electron chi connectivity index (χ4n) is 1.88. The van der Waals surface area contributed by atoms with E-state index >= 15 is 0 Å². The first-order valence-corrected chi connectivity index (χ1v) is 6.15. The van der Waals surface area contributed by atoms with Gasteiger partial charge in [-0.15, -0.1) is 0 Å². The van der Waals surface area contributed by atoms with Crippen molar-refractivity contribution in [2.75, 3.05) is 33.2 Å². The minimum Gasteiger partial charge on any atom is -0.319 e. The van der Waals surface area contributed by atoms with Crippen molar-refractivity contribution in [2.45, 2.75) is 40.0 Å². The molecule has 0 aliphatic rings. The van der Waals surface area contributed by atoms with Crippen molar-refractivity contribution in [3.05, 3.63) is 0 Å². The van der Waals surface area contributed by atoms with Gasteiger partial charge in [0.2, 0.25) is 0 Å². The molecule has 1 N–H and O–H groups in total. The molecular formula is C12H28N2. The van der Waals surface area contributed by atoms with Crippen LogP contribution in [-0.4, -0.2) is 38.1 Å². The van der Waals surface area contributed by atoms with Gasteiger partial charge in [-0.3, -0.25) is 0 Å². The van der Waals surface area contributed by atoms with Crippen LogP contribution in [0.15, 0.2) is 0 Å². The Balaban J connectivity index is 3.48. The number of rotatable bonds is 9. The van der Waals surface area contributed by atoms with E-state index in [1.165, 1.54) is 45.4 Å². The first-order chi connectivity index (χ1) is 6.78. The lowest BCUT2D eigenvalue weighted by atomic mass is 10.0. The van der Waals surface area contributed by atoms with E-state index in [0.717, 1.165) is 5.92 Å². The third-order valence-corrected chi connectivity index (χ3v) is 3.05. The lowest BCUT2D eigenvalue weighted by molar-refractivity contribution is 0.284. The lowest BCUT2D eigenvalue weighted by Gasteiger charge is -2.20. The molecule has 0 rings (SSSR count). The fraction of sp³-hybridized carbons (Fsp3) is 1.00. The van der Waals surface area contributed by atoms with Gasteiger partial charge < -0.3 is 10.2 Å². The predicted molar refractivity (Wildman–Crippen MR) is 64.7 cm³/mol. The Bertz CT molecular complexity index is 111. The second-order valence-electron chi connectivity index (χ2n) is 4.00. The Hall–Kier alpha value is -0.0800. The molecule has 0 bridgehead atoms. The van der Waals surface area contributed by atoms with Gasteiger partial charge in [0.1, 0.15) is 0 Å². The van der Waals surface area contributed by atoms with Gasteiger partial charge in [-0.25, -0.2) is 0 Å². The van der Waals surface area contributed by atoms with Gasteiger partial charge in [0.25, 0.3) is 0 Å². The molecule has 0 aromatic rings. The van der Waals surface area contributed by atoms with Gasteiger partial charge in [0.15, 0.2) is 0 Å². The molecular weight excluding hydrogens is 172 g/mol. The molecule has 1 unspecified atom stereocenters. The van der Waals surface area contributed by atoms with Gasteiger partial charge in [0.05, 0.1) is 0 Å². The Morgan fingerprint density at radius 1 is 1.14 bits per heavy atom. The van der Waals surface area contributed by atoms with Gasteiger partial charge >= 0.3 is 0 Å². The summed E-state index contributed by atoms with van der Waals surface area (Å²) < 4.78 is 0. The molecule has 0 aliphatic heterocycles. The first-order valence-electron chi connectivity index (χ1n) is 6.15. The zero-order chi connectivity index (χ0) is 10.8. The highest BCUT2D eigenvalue weighted by Gasteiger charge is 2.05. The molecule has 14 heavy (non-hydrogen) atoms. The van der Waals surface area contributed by atoms with Crippen LogP contribution in [0, 0.1) is 5.92 Å². The van der Waals surface area contributed by atoms with Crippen LogP contribution in [0.25, 0.3) is 0 Å². The summed E-state index contributed by atoms with van der Waals surface area (Å²) in [6, 6.07) is 0. The van der Waals surface area contributed by atoms with Crippen LogP contribution >= 0.6 is 0 Å². The number of hydrogen-bond donors (Lipinski definition) is 1. The van der Waals surface area contributed by atoms with Gasteiger partial charge in [-0.1, -0.05) is 27.2 Å². The molecule has 0 heterocycles. The number of nitrogens with zero attached hydrogens (tertiary/aromatic N) is 1. The molecule has 86 valence electrons. The smallest absolute Gasteiger partial charge is 0.00189 e. The molecule has 0 aliphatic carbocycles. The minimum atomic E-state index is 0.871. The minimum absolute atomic E-state index is 0.871. The van der Waals surface area contributed by atoms with Crippen molar-refractivity contribution in [3.63, 3.8) is 0 Å². The van der Waals surface area contributed by atoms with Crippen LogP contribution in [0.2, 0.25) is 0 Å². The topological polar surface area (TPSA) is 15.3 Å². The van der Waals surface area contributed by atoms with E-state index in [1.54, 1.807) is 0 Å². The van der Waals surface area contributed by atoms with Crippen molar-refractivity contribution in [1.29, 1.82) is 0 Å². The molecule has 0 saturated heterocycles. The summed E-state index contributed by atoms with van der Waals surface area (Å²) in [5.41, 5.74) is 0. The Morgan fingerprint density at radius 3 is 2.21 bits per heavy atom. The molecule has 0 fully saturated rings. The monoisotopic (exact) mass is 200 g/mol. The van der Waals surface area contributed by atoms with E-state index in [1.807, 2.05) is 7.05 Å². The quantitative estimate of drug-likeness (QED) is 0.614. The molecule has 0 aromatic carbocycles. The zero-order valence-electron chi connectivity index (χ0n) is 10.5. The SMILES string of the molecule is CCC(CCCN(CC)CC)CNC. The van der Waals surface area contributed by atoms with Crippen molar-refractivity contribution in [1.82, 2.24) is 10.2 Å². The van der Waals surface area contributed by atoms with Crippen LogP contribution < -0.4 is 5.32 Å². The van der Waals surface area contributed by atoms with Crippen LogP contribution in [0.1, 0.15) is 40.0 Å². The maximum Gasteiger partial charge on any atom is -0.00189 e. The van der Waals surface area contributed by atoms with Crippen molar-refractivity contribution in [3.8, 4) is 0 Å². The second kappa shape index (κ2) is 9.47. The first kappa shape index (κ1) is 13.9. The summed E-state index contributed by atoms with van der Waals surface area (Å²) in [6.07, 6.45) is 4.02. The van der Waals surface area contributed by atoms with E-state index in [4.69, 9.17) is 0 Å². The highest BCUT2D eigenvalue weighted by molar-refractivity contribution is 4.61. The molecule has 0 amide bonds. The Labute approximate surface area is 90.1 Å². The van der Waals surface area contributed by atoms with Crippen LogP contribution in [0.3, 0.4) is 0 Å². The van der Waals surface area contributed by atoms with Crippen molar-refractivity contribution in [2.24, 2.45) is 5.92 Å². The van der Waals surface area contributed by atoms with Crippen LogP contribution in [0.5, 0.6) is 0 Å². The Morgan fingerprint density at radius 2 is 1.79 bits per heavy atom. The van der Waals surface area contributed by atoms with Crippen molar-refractivity contribution < 1.29 is 0 Å². The standard InChI is InChI=1S/C12H28N2/c1-5-12(11-13-4)9-8-10-14(6-2)7-3/h12-13H,5-11H2,1-4H3. The molecule has 2 nitrogen and oxygen atoms in total. The molecule has 0 spiro atoms. The third-order valence-electron chi connectivity index (χ3n) is 3.05. The Kier molecular flexibility index (Phi) is 9.42. The summed E-state index contributed by atoms with van der Waals surface area (Å²) in [6.45, 7) is 11.6. The predicted octanol–water partition coefficient (Wildman–Crippen LogP) is 2.35. The highest BCUT2D eigenvalue weighted by Crippen LogP contribution is 2.10. The summed E-state index contributed by atoms with van der Waals surface area (Å²) in [5.74, 6) is 0.871. The average Bonchev–Trinajstić information content (AvgIpc) is 2.23. The largest absolute Gasteiger partial charge is 0.319 e. The van der Waals surface area contributed by atoms with Gasteiger partial charge in [0, 0.05) is 0 Å². The molecule has 0 saturated carbocycles. The second-order valence-corrected chi connectivity index (χ2v) is 4.00. The van der Waals surface area contributed by atoms with E-state index in [2.05, 4.69) is 31.0 Å². The van der Waals surface area contributed by atoms with Gasteiger partial charge in [-0.2, -0.15) is 0 Å². The zero-order valence-corrected chi connectivity index (χ0v) is 10.5. The maximum atomic E-state index is 3.27. The van der Waals surface area contributed by atoms with E-state index in [0.29, 0.717) is 0 Å². The van der Waals surface area contributed by atoms with Gasteiger partial charge in [-0.05, 0) is 52.0 Å². The number of nitrogens with one attached hydrogen (secondary N) is 1. The molecule has 1 atom stereocenters. The molecule has 0 aromatic heterocycles. The van der Waals surface area contributed by atoms with Crippen LogP contribution in [0.4, 0.5) is 0 Å². The summed E-state index contributed by atoms with van der Waals surface area (Å²) in [4.78, 5) is 2.51. The summed E-state index contributed by atoms with van der Waals surface area (Å²) in [7, 11) is 2.05. The van der Waals surface area contributed by atoms with Crippen molar-refractivity contribution >= 4 is 0 Å². The van der Waals surface area contributed by atoms with Crippen LogP contribution in [-0.2, 0) is 0 Å². The summed E-state index contributed by atoms with van der Waals surface area (Å²) >= 11 is 0. The maximum absolute atomic E-state index is 3.27. The summed E-state index contributed by atoms with van der Waals surface area (Å²) in [5, 5.41) is 3.27. The van der Waals surface area contributed by atoms with E-state index in [-0.39, 0.29) is 0 Å². The normalized spacial score (nSPS) is 13.5. The fourth-order valence-corrected chi connectivity index (χ4v) is 1.88. The third kappa shape index (κ3) is 6.39. The average molecular weight is 200 g/mol. The molecule has 2 heteroatoms. The van der Waals surface area contributed by atoms with E-state index in [9.17, 15) is 0 Å². The number of hydrogen-bond acceptors (Lipinski definition) is 2. The molecule has 0 radical (unpaired) electrons.